The summed E-state index contributed by atoms with van der Waals surface area (Å²) in [6.07, 6.45) is 0. The molecule has 0 saturated heterocycles. The summed E-state index contributed by atoms with van der Waals surface area (Å²) < 4.78 is 11.3. The molecule has 3 rings (SSSR count). The molecule has 0 spiro atoms. The maximum atomic E-state index is 13.2. The van der Waals surface area contributed by atoms with Crippen LogP contribution in [0.3, 0.4) is 0 Å². The van der Waals surface area contributed by atoms with Crippen LogP contribution in [-0.4, -0.2) is 36.0 Å². The molecule has 0 atom stereocenters. The van der Waals surface area contributed by atoms with E-state index in [1.807, 2.05) is 65.8 Å². The van der Waals surface area contributed by atoms with Gasteiger partial charge in [0.05, 0.1) is 18.8 Å². The van der Waals surface area contributed by atoms with Crippen LogP contribution in [0.15, 0.2) is 42.1 Å². The average Bonchev–Trinajstić information content (AvgIpc) is 2.96. The Kier molecular flexibility index (Phi) is 6.68. The Morgan fingerprint density at radius 2 is 1.55 bits per heavy atom. The first kappa shape index (κ1) is 22.4. The molecule has 164 valence electrons. The van der Waals surface area contributed by atoms with Crippen LogP contribution in [0.5, 0.6) is 11.5 Å². The fourth-order valence-electron chi connectivity index (χ4n) is 3.57. The van der Waals surface area contributed by atoms with Crippen LogP contribution in [0.25, 0.3) is 5.57 Å². The minimum Gasteiger partial charge on any atom is -0.490 e. The highest BCUT2D eigenvalue weighted by Gasteiger charge is 2.40. The topological polar surface area (TPSA) is 67.9 Å². The molecule has 0 fully saturated rings. The zero-order valence-electron chi connectivity index (χ0n) is 19.0. The molecule has 1 N–H and O–H groups in total. The Morgan fingerprint density at radius 3 is 2.16 bits per heavy atom. The van der Waals surface area contributed by atoms with Gasteiger partial charge in [-0.05, 0) is 70.4 Å². The molecule has 2 aromatic rings. The number of rotatable bonds is 8. The number of carbonyl (C=O) groups excluding carboxylic acids is 2. The highest BCUT2D eigenvalue weighted by molar-refractivity contribution is 6.36. The summed E-state index contributed by atoms with van der Waals surface area (Å²) in [4.78, 5) is 27.7. The number of amides is 2. The summed E-state index contributed by atoms with van der Waals surface area (Å²) in [5, 5.41) is 3.19. The molecular weight excluding hydrogens is 392 g/mol. The van der Waals surface area contributed by atoms with Gasteiger partial charge in [0, 0.05) is 17.8 Å². The lowest BCUT2D eigenvalue weighted by atomic mass is 9.99. The van der Waals surface area contributed by atoms with Crippen LogP contribution in [-0.2, 0) is 9.59 Å². The Hall–Kier alpha value is -3.28. The molecule has 1 heterocycles. The van der Waals surface area contributed by atoms with Gasteiger partial charge in [-0.15, -0.1) is 0 Å². The van der Waals surface area contributed by atoms with Crippen LogP contribution < -0.4 is 14.8 Å². The Morgan fingerprint density at radius 1 is 0.871 bits per heavy atom. The van der Waals surface area contributed by atoms with E-state index in [1.165, 1.54) is 4.90 Å². The Balaban J connectivity index is 2.08. The number of hydrogen-bond donors (Lipinski definition) is 1. The highest BCUT2D eigenvalue weighted by Crippen LogP contribution is 2.35. The van der Waals surface area contributed by atoms with Crippen molar-refractivity contribution < 1.29 is 19.1 Å². The third-order valence-electron chi connectivity index (χ3n) is 5.24. The highest BCUT2D eigenvalue weighted by atomic mass is 16.5. The lowest BCUT2D eigenvalue weighted by Gasteiger charge is -2.19. The van der Waals surface area contributed by atoms with E-state index in [-0.39, 0.29) is 23.6 Å². The monoisotopic (exact) mass is 422 g/mol. The molecule has 2 amide bonds. The van der Waals surface area contributed by atoms with E-state index in [9.17, 15) is 9.59 Å². The lowest BCUT2D eigenvalue weighted by Crippen LogP contribution is -2.38. The van der Waals surface area contributed by atoms with Crippen molar-refractivity contribution in [1.82, 2.24) is 4.90 Å². The number of carbonyl (C=O) groups is 2. The van der Waals surface area contributed by atoms with Crippen molar-refractivity contribution in [2.75, 3.05) is 18.5 Å². The fraction of sp³-hybridized carbons (Fsp3) is 0.360. The van der Waals surface area contributed by atoms with Gasteiger partial charge in [-0.2, -0.15) is 0 Å². The number of hydrogen-bond acceptors (Lipinski definition) is 5. The number of imide groups is 1. The molecule has 0 aromatic heterocycles. The van der Waals surface area contributed by atoms with Crippen molar-refractivity contribution in [3.05, 3.63) is 58.8 Å². The molecule has 1 aliphatic heterocycles. The van der Waals surface area contributed by atoms with E-state index >= 15 is 0 Å². The average molecular weight is 423 g/mol. The smallest absolute Gasteiger partial charge is 0.278 e. The summed E-state index contributed by atoms with van der Waals surface area (Å²) in [5.74, 6) is 0.595. The second-order valence-corrected chi connectivity index (χ2v) is 7.78. The summed E-state index contributed by atoms with van der Waals surface area (Å²) in [7, 11) is 0. The van der Waals surface area contributed by atoms with E-state index in [2.05, 4.69) is 5.32 Å². The first-order valence-electron chi connectivity index (χ1n) is 10.6. The molecule has 6 heteroatoms. The molecule has 0 aliphatic carbocycles. The maximum absolute atomic E-state index is 13.2. The van der Waals surface area contributed by atoms with E-state index in [0.717, 1.165) is 16.7 Å². The Labute approximate surface area is 183 Å². The zero-order chi connectivity index (χ0) is 22.7. The standard InChI is InChI=1S/C25H30N2O4/c1-7-30-20-12-11-19(14-21(20)31-8-2)26-23-22(18-10-9-16(5)17(6)13-18)24(28)27(15(3)4)25(23)29/h9-15,26H,7-8H2,1-6H3. The minimum absolute atomic E-state index is 0.250. The molecule has 0 bridgehead atoms. The van der Waals surface area contributed by atoms with E-state index in [0.29, 0.717) is 36.0 Å². The number of aryl methyl sites for hydroxylation is 2. The first-order chi connectivity index (χ1) is 14.8. The third kappa shape index (κ3) is 4.43. The fourth-order valence-corrected chi connectivity index (χ4v) is 3.57. The van der Waals surface area contributed by atoms with Gasteiger partial charge >= 0.3 is 0 Å². The first-order valence-corrected chi connectivity index (χ1v) is 10.6. The van der Waals surface area contributed by atoms with Crippen molar-refractivity contribution in [3.8, 4) is 11.5 Å². The molecule has 2 aromatic carbocycles. The van der Waals surface area contributed by atoms with Crippen molar-refractivity contribution in [3.63, 3.8) is 0 Å². The number of benzene rings is 2. The van der Waals surface area contributed by atoms with Crippen molar-refractivity contribution in [1.29, 1.82) is 0 Å². The number of anilines is 1. The van der Waals surface area contributed by atoms with Crippen LogP contribution >= 0.6 is 0 Å². The molecule has 1 aliphatic rings. The van der Waals surface area contributed by atoms with E-state index in [1.54, 1.807) is 12.1 Å². The molecule has 0 radical (unpaired) electrons. The van der Waals surface area contributed by atoms with E-state index < -0.39 is 0 Å². The zero-order valence-corrected chi connectivity index (χ0v) is 19.0. The summed E-state index contributed by atoms with van der Waals surface area (Å²) in [6.45, 7) is 12.5. The predicted octanol–water partition coefficient (Wildman–Crippen LogP) is 4.70. The quantitative estimate of drug-likeness (QED) is 0.625. The van der Waals surface area contributed by atoms with E-state index in [4.69, 9.17) is 9.47 Å². The Bertz CT molecular complexity index is 1040. The van der Waals surface area contributed by atoms with Crippen LogP contribution in [0.4, 0.5) is 5.69 Å². The van der Waals surface area contributed by atoms with Gasteiger partial charge in [-0.1, -0.05) is 18.2 Å². The van der Waals surface area contributed by atoms with Gasteiger partial charge in [0.2, 0.25) is 0 Å². The molecule has 31 heavy (non-hydrogen) atoms. The second kappa shape index (κ2) is 9.25. The van der Waals surface area contributed by atoms with Crippen LogP contribution in [0, 0.1) is 13.8 Å². The van der Waals surface area contributed by atoms with Gasteiger partial charge in [0.25, 0.3) is 11.8 Å². The molecule has 6 nitrogen and oxygen atoms in total. The molecule has 0 unspecified atom stereocenters. The SMILES string of the molecule is CCOc1ccc(NC2=C(c3ccc(C)c(C)c3)C(=O)N(C(C)C)C2=O)cc1OCC. The summed E-state index contributed by atoms with van der Waals surface area (Å²) in [5.41, 5.74) is 4.22. The largest absolute Gasteiger partial charge is 0.490 e. The maximum Gasteiger partial charge on any atom is 0.278 e. The van der Waals surface area contributed by atoms with Crippen molar-refractivity contribution in [2.24, 2.45) is 0 Å². The third-order valence-corrected chi connectivity index (χ3v) is 5.24. The molecule has 0 saturated carbocycles. The summed E-state index contributed by atoms with van der Waals surface area (Å²) >= 11 is 0. The van der Waals surface area contributed by atoms with Gasteiger partial charge in [0.1, 0.15) is 5.70 Å². The van der Waals surface area contributed by atoms with Gasteiger partial charge in [-0.25, -0.2) is 0 Å². The van der Waals surface area contributed by atoms with Crippen LogP contribution in [0.1, 0.15) is 44.4 Å². The second-order valence-electron chi connectivity index (χ2n) is 7.78. The van der Waals surface area contributed by atoms with Crippen molar-refractivity contribution in [2.45, 2.75) is 47.6 Å². The normalized spacial score (nSPS) is 14.0. The van der Waals surface area contributed by atoms with Gasteiger partial charge < -0.3 is 14.8 Å². The summed E-state index contributed by atoms with van der Waals surface area (Å²) in [6, 6.07) is 11.0. The number of ether oxygens (including phenoxy) is 2. The van der Waals surface area contributed by atoms with Gasteiger partial charge in [-0.3, -0.25) is 14.5 Å². The van der Waals surface area contributed by atoms with Crippen molar-refractivity contribution >= 4 is 23.1 Å². The van der Waals surface area contributed by atoms with Crippen LogP contribution in [0.2, 0.25) is 0 Å². The minimum atomic E-state index is -0.333. The number of nitrogens with zero attached hydrogens (tertiary/aromatic N) is 1. The molecular formula is C25H30N2O4. The predicted molar refractivity (Wildman–Crippen MR) is 122 cm³/mol. The number of nitrogens with one attached hydrogen (secondary N) is 1. The lowest BCUT2D eigenvalue weighted by molar-refractivity contribution is -0.138. The van der Waals surface area contributed by atoms with Gasteiger partial charge in [0.15, 0.2) is 11.5 Å².